The third-order valence-corrected chi connectivity index (χ3v) is 2.49. The predicted molar refractivity (Wildman–Crippen MR) is 77.9 cm³/mol. The lowest BCUT2D eigenvalue weighted by molar-refractivity contribution is 0.106. The topological polar surface area (TPSA) is 82.6 Å². The second kappa shape index (κ2) is 10.1. The maximum absolute atomic E-state index is 11.1. The zero-order chi connectivity index (χ0) is 14.6. The van der Waals surface area contributed by atoms with Gasteiger partial charge in [-0.1, -0.05) is 18.2 Å². The van der Waals surface area contributed by atoms with Crippen molar-refractivity contribution in [2.45, 2.75) is 13.0 Å². The Morgan fingerprint density at radius 3 is 2.70 bits per heavy atom. The number of rotatable bonds is 9. The van der Waals surface area contributed by atoms with Crippen molar-refractivity contribution in [2.24, 2.45) is 0 Å². The number of nitrogens with one attached hydrogen (secondary N) is 3. The van der Waals surface area contributed by atoms with E-state index in [1.54, 1.807) is 0 Å². The van der Waals surface area contributed by atoms with Crippen molar-refractivity contribution < 1.29 is 14.6 Å². The summed E-state index contributed by atoms with van der Waals surface area (Å²) in [7, 11) is 0. The summed E-state index contributed by atoms with van der Waals surface area (Å²) < 4.78 is 5.43. The summed E-state index contributed by atoms with van der Waals surface area (Å²) in [6, 6.07) is 9.18. The molecule has 2 amide bonds. The number of benzene rings is 1. The number of amides is 2. The lowest BCUT2D eigenvalue weighted by atomic mass is 10.3. The molecule has 0 aliphatic heterocycles. The van der Waals surface area contributed by atoms with Crippen LogP contribution in [0.1, 0.15) is 6.92 Å². The van der Waals surface area contributed by atoms with Crippen LogP contribution < -0.4 is 20.7 Å². The summed E-state index contributed by atoms with van der Waals surface area (Å²) >= 11 is 0. The number of carbonyl (C=O) groups is 1. The number of carbonyl (C=O) groups excluding carboxylic acids is 1. The van der Waals surface area contributed by atoms with E-state index in [0.717, 1.165) is 5.75 Å². The van der Waals surface area contributed by atoms with Crippen LogP contribution in [0.2, 0.25) is 0 Å². The van der Waals surface area contributed by atoms with E-state index in [0.29, 0.717) is 26.2 Å². The van der Waals surface area contributed by atoms with E-state index in [1.807, 2.05) is 37.3 Å². The molecular formula is C14H23N3O3. The lowest BCUT2D eigenvalue weighted by Gasteiger charge is -2.13. The molecule has 112 valence electrons. The predicted octanol–water partition coefficient (Wildman–Crippen LogP) is 0.335. The molecule has 1 rings (SSSR count). The zero-order valence-corrected chi connectivity index (χ0v) is 11.8. The fourth-order valence-corrected chi connectivity index (χ4v) is 1.52. The SMILES string of the molecule is CCNC(=O)NCCNCC(O)COc1ccccc1. The summed E-state index contributed by atoms with van der Waals surface area (Å²) in [5.41, 5.74) is 0. The van der Waals surface area contributed by atoms with Crippen molar-refractivity contribution in [2.75, 3.05) is 32.8 Å². The highest BCUT2D eigenvalue weighted by Crippen LogP contribution is 2.08. The minimum Gasteiger partial charge on any atom is -0.491 e. The van der Waals surface area contributed by atoms with Gasteiger partial charge in [-0.2, -0.15) is 0 Å². The maximum atomic E-state index is 11.1. The van der Waals surface area contributed by atoms with Crippen LogP contribution in [0.5, 0.6) is 5.75 Å². The summed E-state index contributed by atoms with van der Waals surface area (Å²) in [4.78, 5) is 11.1. The van der Waals surface area contributed by atoms with Gasteiger partial charge >= 0.3 is 6.03 Å². The minimum atomic E-state index is -0.584. The molecule has 1 aromatic carbocycles. The second-order valence-electron chi connectivity index (χ2n) is 4.27. The summed E-state index contributed by atoms with van der Waals surface area (Å²) in [6.07, 6.45) is -0.584. The molecule has 0 aliphatic carbocycles. The number of ether oxygens (including phenoxy) is 1. The first-order valence-electron chi connectivity index (χ1n) is 6.80. The summed E-state index contributed by atoms with van der Waals surface area (Å²) in [5, 5.41) is 18.1. The van der Waals surface area contributed by atoms with Crippen LogP contribution in [0.4, 0.5) is 4.79 Å². The van der Waals surface area contributed by atoms with Crippen LogP contribution in [0, 0.1) is 0 Å². The van der Waals surface area contributed by atoms with Gasteiger partial charge in [0.05, 0.1) is 0 Å². The van der Waals surface area contributed by atoms with Gasteiger partial charge in [-0.05, 0) is 19.1 Å². The largest absolute Gasteiger partial charge is 0.491 e. The standard InChI is InChI=1S/C14H23N3O3/c1-2-16-14(19)17-9-8-15-10-12(18)11-20-13-6-4-3-5-7-13/h3-7,12,15,18H,2,8-11H2,1H3,(H2,16,17,19). The molecule has 1 atom stereocenters. The lowest BCUT2D eigenvalue weighted by Crippen LogP contribution is -2.40. The van der Waals surface area contributed by atoms with Gasteiger partial charge in [0.1, 0.15) is 18.5 Å². The van der Waals surface area contributed by atoms with Crippen LogP contribution >= 0.6 is 0 Å². The van der Waals surface area contributed by atoms with Crippen molar-refractivity contribution in [3.63, 3.8) is 0 Å². The quantitative estimate of drug-likeness (QED) is 0.492. The molecule has 20 heavy (non-hydrogen) atoms. The van der Waals surface area contributed by atoms with Gasteiger partial charge in [0.15, 0.2) is 0 Å². The Bertz CT molecular complexity index is 373. The van der Waals surface area contributed by atoms with Crippen molar-refractivity contribution in [1.82, 2.24) is 16.0 Å². The van der Waals surface area contributed by atoms with E-state index in [2.05, 4.69) is 16.0 Å². The first kappa shape index (κ1) is 16.3. The number of hydrogen-bond acceptors (Lipinski definition) is 4. The normalized spacial score (nSPS) is 11.7. The molecular weight excluding hydrogens is 258 g/mol. The fraction of sp³-hybridized carbons (Fsp3) is 0.500. The van der Waals surface area contributed by atoms with Crippen LogP contribution in [-0.2, 0) is 0 Å². The van der Waals surface area contributed by atoms with Crippen molar-refractivity contribution in [3.8, 4) is 5.75 Å². The molecule has 0 fully saturated rings. The number of aliphatic hydroxyl groups excluding tert-OH is 1. The molecule has 0 radical (unpaired) electrons. The Morgan fingerprint density at radius 2 is 2.00 bits per heavy atom. The first-order valence-corrected chi connectivity index (χ1v) is 6.80. The van der Waals surface area contributed by atoms with Crippen molar-refractivity contribution in [3.05, 3.63) is 30.3 Å². The van der Waals surface area contributed by atoms with Gasteiger partial charge in [-0.3, -0.25) is 0 Å². The van der Waals surface area contributed by atoms with Crippen LogP contribution in [0.3, 0.4) is 0 Å². The van der Waals surface area contributed by atoms with Crippen LogP contribution in [-0.4, -0.2) is 50.0 Å². The van der Waals surface area contributed by atoms with E-state index < -0.39 is 6.10 Å². The molecule has 0 aliphatic rings. The van der Waals surface area contributed by atoms with E-state index in [9.17, 15) is 9.90 Å². The monoisotopic (exact) mass is 281 g/mol. The van der Waals surface area contributed by atoms with Gasteiger partial charge in [-0.25, -0.2) is 4.79 Å². The molecule has 0 aromatic heterocycles. The van der Waals surface area contributed by atoms with Gasteiger partial charge in [0.25, 0.3) is 0 Å². The highest BCUT2D eigenvalue weighted by Gasteiger charge is 2.04. The Hall–Kier alpha value is -1.79. The molecule has 0 heterocycles. The smallest absolute Gasteiger partial charge is 0.314 e. The Labute approximate surface area is 119 Å². The molecule has 1 unspecified atom stereocenters. The highest BCUT2D eigenvalue weighted by molar-refractivity contribution is 5.73. The number of hydrogen-bond donors (Lipinski definition) is 4. The van der Waals surface area contributed by atoms with Crippen molar-refractivity contribution in [1.29, 1.82) is 0 Å². The average molecular weight is 281 g/mol. The second-order valence-corrected chi connectivity index (χ2v) is 4.27. The van der Waals surface area contributed by atoms with Gasteiger partial charge < -0.3 is 25.8 Å². The first-order chi connectivity index (χ1) is 9.72. The van der Waals surface area contributed by atoms with Gasteiger partial charge in [-0.15, -0.1) is 0 Å². The molecule has 0 bridgehead atoms. The summed E-state index contributed by atoms with van der Waals surface area (Å²) in [5.74, 6) is 0.740. The average Bonchev–Trinajstić information content (AvgIpc) is 2.46. The molecule has 6 heteroatoms. The number of urea groups is 1. The fourth-order valence-electron chi connectivity index (χ4n) is 1.52. The zero-order valence-electron chi connectivity index (χ0n) is 11.8. The molecule has 6 nitrogen and oxygen atoms in total. The Balaban J connectivity index is 2.00. The number of para-hydroxylation sites is 1. The minimum absolute atomic E-state index is 0.178. The van der Waals surface area contributed by atoms with E-state index in [1.165, 1.54) is 0 Å². The van der Waals surface area contributed by atoms with Crippen LogP contribution in [0.25, 0.3) is 0 Å². The molecule has 1 aromatic rings. The van der Waals surface area contributed by atoms with Gasteiger partial charge in [0, 0.05) is 26.2 Å². The molecule has 4 N–H and O–H groups in total. The van der Waals surface area contributed by atoms with E-state index in [-0.39, 0.29) is 12.6 Å². The molecule has 0 saturated heterocycles. The third-order valence-electron chi connectivity index (χ3n) is 2.49. The van der Waals surface area contributed by atoms with Gasteiger partial charge in [0.2, 0.25) is 0 Å². The molecule has 0 saturated carbocycles. The maximum Gasteiger partial charge on any atom is 0.314 e. The van der Waals surface area contributed by atoms with Crippen LogP contribution in [0.15, 0.2) is 30.3 Å². The number of aliphatic hydroxyl groups is 1. The summed E-state index contributed by atoms with van der Waals surface area (Å²) in [6.45, 7) is 4.23. The third kappa shape index (κ3) is 7.60. The molecule has 0 spiro atoms. The Morgan fingerprint density at radius 1 is 1.25 bits per heavy atom. The van der Waals surface area contributed by atoms with Crippen molar-refractivity contribution >= 4 is 6.03 Å². The van der Waals surface area contributed by atoms with E-state index in [4.69, 9.17) is 4.74 Å². The Kier molecular flexibility index (Phi) is 8.17. The van der Waals surface area contributed by atoms with E-state index >= 15 is 0 Å². The highest BCUT2D eigenvalue weighted by atomic mass is 16.5.